The number of rotatable bonds is 6. The highest BCUT2D eigenvalue weighted by atomic mass is 16.5. The first-order valence-corrected chi connectivity index (χ1v) is 8.97. The van der Waals surface area contributed by atoms with Crippen LogP contribution in [0.1, 0.15) is 45.2 Å². The Labute approximate surface area is 156 Å². The molecule has 140 valence electrons. The summed E-state index contributed by atoms with van der Waals surface area (Å²) < 4.78 is 11.2. The van der Waals surface area contributed by atoms with Crippen LogP contribution in [-0.4, -0.2) is 19.1 Å². The summed E-state index contributed by atoms with van der Waals surface area (Å²) in [5.41, 5.74) is 3.02. The molecule has 0 aliphatic carbocycles. The van der Waals surface area contributed by atoms with Gasteiger partial charge in [0.2, 0.25) is 0 Å². The number of aryl methyl sites for hydroxylation is 1. The van der Waals surface area contributed by atoms with Gasteiger partial charge in [0.05, 0.1) is 12.8 Å². The van der Waals surface area contributed by atoms with E-state index < -0.39 is 6.10 Å². The molecule has 0 aromatic heterocycles. The molecule has 4 heteroatoms. The van der Waals surface area contributed by atoms with E-state index in [1.54, 1.807) is 7.11 Å². The predicted octanol–water partition coefficient (Wildman–Crippen LogP) is 5.10. The molecule has 1 amide bonds. The molecule has 0 aliphatic heterocycles. The molecular formula is C22H29NO3. The van der Waals surface area contributed by atoms with Gasteiger partial charge in [-0.1, -0.05) is 45.9 Å². The lowest BCUT2D eigenvalue weighted by Gasteiger charge is -2.21. The molecule has 2 aromatic carbocycles. The summed E-state index contributed by atoms with van der Waals surface area (Å²) in [5, 5.41) is 2.92. The zero-order chi connectivity index (χ0) is 19.3. The van der Waals surface area contributed by atoms with E-state index >= 15 is 0 Å². The van der Waals surface area contributed by atoms with Crippen LogP contribution in [0.2, 0.25) is 0 Å². The summed E-state index contributed by atoms with van der Waals surface area (Å²) in [6.07, 6.45) is 0.00163. The summed E-state index contributed by atoms with van der Waals surface area (Å²) in [6.45, 7) is 10.4. The third-order valence-electron chi connectivity index (χ3n) is 4.27. The van der Waals surface area contributed by atoms with Crippen molar-refractivity contribution >= 4 is 11.6 Å². The van der Waals surface area contributed by atoms with Crippen LogP contribution in [0, 0.1) is 6.92 Å². The van der Waals surface area contributed by atoms with Crippen molar-refractivity contribution in [2.24, 2.45) is 0 Å². The molecule has 0 aliphatic rings. The molecule has 0 spiro atoms. The number of hydrogen-bond donors (Lipinski definition) is 1. The van der Waals surface area contributed by atoms with Gasteiger partial charge in [-0.25, -0.2) is 0 Å². The molecule has 0 fully saturated rings. The van der Waals surface area contributed by atoms with Crippen LogP contribution in [0.15, 0.2) is 42.5 Å². The molecular weight excluding hydrogens is 326 g/mol. The minimum atomic E-state index is -0.569. The minimum absolute atomic E-state index is 0.0851. The van der Waals surface area contributed by atoms with Crippen molar-refractivity contribution in [2.45, 2.75) is 52.6 Å². The summed E-state index contributed by atoms with van der Waals surface area (Å²) in [4.78, 5) is 12.7. The van der Waals surface area contributed by atoms with E-state index in [0.717, 1.165) is 5.56 Å². The van der Waals surface area contributed by atoms with E-state index in [1.807, 2.05) is 56.3 Å². The second-order valence-corrected chi connectivity index (χ2v) is 7.48. The molecule has 0 saturated carbocycles. The van der Waals surface area contributed by atoms with Gasteiger partial charge in [0.25, 0.3) is 5.91 Å². The smallest absolute Gasteiger partial charge is 0.265 e. The molecule has 0 saturated heterocycles. The fourth-order valence-electron chi connectivity index (χ4n) is 2.65. The highest BCUT2D eigenvalue weighted by Crippen LogP contribution is 2.27. The maximum Gasteiger partial charge on any atom is 0.265 e. The second-order valence-electron chi connectivity index (χ2n) is 7.48. The zero-order valence-corrected chi connectivity index (χ0v) is 16.6. The normalized spacial score (nSPS) is 12.4. The Kier molecular flexibility index (Phi) is 6.30. The first-order valence-electron chi connectivity index (χ1n) is 8.97. The first-order chi connectivity index (χ1) is 12.2. The van der Waals surface area contributed by atoms with E-state index in [9.17, 15) is 4.79 Å². The SMILES string of the molecule is CC[C@@H](Oc1ccc(C(C)(C)C)cc1)C(=O)Nc1cc(C)ccc1OC. The number of amides is 1. The molecule has 1 N–H and O–H groups in total. The Hall–Kier alpha value is -2.49. The predicted molar refractivity (Wildman–Crippen MR) is 106 cm³/mol. The molecule has 26 heavy (non-hydrogen) atoms. The number of carbonyl (C=O) groups excluding carboxylic acids is 1. The third-order valence-corrected chi connectivity index (χ3v) is 4.27. The van der Waals surface area contributed by atoms with Crippen molar-refractivity contribution in [2.75, 3.05) is 12.4 Å². The Morgan fingerprint density at radius 1 is 1.12 bits per heavy atom. The van der Waals surface area contributed by atoms with Gasteiger partial charge in [0.1, 0.15) is 11.5 Å². The van der Waals surface area contributed by atoms with E-state index in [2.05, 4.69) is 26.1 Å². The van der Waals surface area contributed by atoms with Crippen molar-refractivity contribution in [1.29, 1.82) is 0 Å². The number of nitrogens with one attached hydrogen (secondary N) is 1. The minimum Gasteiger partial charge on any atom is -0.495 e. The molecule has 2 rings (SSSR count). The largest absolute Gasteiger partial charge is 0.495 e. The van der Waals surface area contributed by atoms with Crippen LogP contribution in [0.4, 0.5) is 5.69 Å². The molecule has 0 unspecified atom stereocenters. The highest BCUT2D eigenvalue weighted by molar-refractivity contribution is 5.95. The van der Waals surface area contributed by atoms with E-state index in [1.165, 1.54) is 5.56 Å². The van der Waals surface area contributed by atoms with Gasteiger partial charge in [0.15, 0.2) is 6.10 Å². The monoisotopic (exact) mass is 355 g/mol. The van der Waals surface area contributed by atoms with Gasteiger partial charge in [-0.2, -0.15) is 0 Å². The molecule has 4 nitrogen and oxygen atoms in total. The van der Waals surface area contributed by atoms with E-state index in [-0.39, 0.29) is 11.3 Å². The summed E-state index contributed by atoms with van der Waals surface area (Å²) in [7, 11) is 1.59. The van der Waals surface area contributed by atoms with Gasteiger partial charge >= 0.3 is 0 Å². The van der Waals surface area contributed by atoms with Gasteiger partial charge in [-0.05, 0) is 54.2 Å². The van der Waals surface area contributed by atoms with Crippen LogP contribution in [0.25, 0.3) is 0 Å². The summed E-state index contributed by atoms with van der Waals surface area (Å²) in [5.74, 6) is 1.14. The van der Waals surface area contributed by atoms with Crippen molar-refractivity contribution < 1.29 is 14.3 Å². The van der Waals surface area contributed by atoms with E-state index in [4.69, 9.17) is 9.47 Å². The summed E-state index contributed by atoms with van der Waals surface area (Å²) >= 11 is 0. The average Bonchev–Trinajstić information content (AvgIpc) is 2.59. The topological polar surface area (TPSA) is 47.6 Å². The lowest BCUT2D eigenvalue weighted by Crippen LogP contribution is -2.32. The number of methoxy groups -OCH3 is 1. The van der Waals surface area contributed by atoms with Crippen molar-refractivity contribution in [3.8, 4) is 11.5 Å². The molecule has 0 heterocycles. The number of hydrogen-bond acceptors (Lipinski definition) is 3. The Morgan fingerprint density at radius 3 is 2.31 bits per heavy atom. The van der Waals surface area contributed by atoms with Gasteiger partial charge in [-0.3, -0.25) is 4.79 Å². The lowest BCUT2D eigenvalue weighted by molar-refractivity contribution is -0.122. The fourth-order valence-corrected chi connectivity index (χ4v) is 2.65. The fraction of sp³-hybridized carbons (Fsp3) is 0.409. The molecule has 2 aromatic rings. The van der Waals surface area contributed by atoms with E-state index in [0.29, 0.717) is 23.6 Å². The Balaban J connectivity index is 2.11. The van der Waals surface area contributed by atoms with Crippen molar-refractivity contribution in [3.63, 3.8) is 0 Å². The van der Waals surface area contributed by atoms with Crippen LogP contribution in [0.5, 0.6) is 11.5 Å². The van der Waals surface area contributed by atoms with Gasteiger partial charge in [-0.15, -0.1) is 0 Å². The average molecular weight is 355 g/mol. The highest BCUT2D eigenvalue weighted by Gasteiger charge is 2.20. The number of ether oxygens (including phenoxy) is 2. The quantitative estimate of drug-likeness (QED) is 0.784. The van der Waals surface area contributed by atoms with Gasteiger partial charge in [0, 0.05) is 0 Å². The van der Waals surface area contributed by atoms with Crippen LogP contribution in [-0.2, 0) is 10.2 Å². The summed E-state index contributed by atoms with van der Waals surface area (Å²) in [6, 6.07) is 13.6. The molecule has 0 bridgehead atoms. The number of benzene rings is 2. The maximum atomic E-state index is 12.7. The van der Waals surface area contributed by atoms with Crippen LogP contribution >= 0.6 is 0 Å². The van der Waals surface area contributed by atoms with Crippen LogP contribution < -0.4 is 14.8 Å². The second kappa shape index (κ2) is 8.26. The number of anilines is 1. The Morgan fingerprint density at radius 2 is 1.77 bits per heavy atom. The van der Waals surface area contributed by atoms with Crippen LogP contribution in [0.3, 0.4) is 0 Å². The lowest BCUT2D eigenvalue weighted by atomic mass is 9.87. The molecule has 1 atom stereocenters. The van der Waals surface area contributed by atoms with Crippen molar-refractivity contribution in [1.82, 2.24) is 0 Å². The van der Waals surface area contributed by atoms with Crippen molar-refractivity contribution in [3.05, 3.63) is 53.6 Å². The maximum absolute atomic E-state index is 12.7. The van der Waals surface area contributed by atoms with Gasteiger partial charge < -0.3 is 14.8 Å². The number of carbonyl (C=O) groups is 1. The Bertz CT molecular complexity index is 745. The molecule has 0 radical (unpaired) electrons. The first kappa shape index (κ1) is 19.8. The standard InChI is InChI=1S/C22H29NO3/c1-7-19(26-17-11-9-16(10-12-17)22(3,4)5)21(24)23-18-14-15(2)8-13-20(18)25-6/h8-14,19H,7H2,1-6H3,(H,23,24)/t19-/m1/s1. The third kappa shape index (κ3) is 5.01. The zero-order valence-electron chi connectivity index (χ0n) is 16.6.